The normalized spacial score (nSPS) is 11.4. The summed E-state index contributed by atoms with van der Waals surface area (Å²) in [4.78, 5) is 21.7. The molecule has 0 unspecified atom stereocenters. The van der Waals surface area contributed by atoms with Gasteiger partial charge in [-0.2, -0.15) is 0 Å². The van der Waals surface area contributed by atoms with E-state index in [0.29, 0.717) is 12.3 Å². The van der Waals surface area contributed by atoms with E-state index in [1.807, 2.05) is 0 Å². The Morgan fingerprint density at radius 3 is 1.57 bits per heavy atom. The molecule has 0 aromatic carbocycles. The van der Waals surface area contributed by atoms with Crippen LogP contribution in [0.2, 0.25) is 0 Å². The predicted molar refractivity (Wildman–Crippen MR) is 96.2 cm³/mol. The van der Waals surface area contributed by atoms with Crippen LogP contribution in [-0.2, 0) is 18.7 Å². The molecule has 0 heterocycles. The molecule has 0 spiro atoms. The average Bonchev–Trinajstić information content (AvgIpc) is 2.54. The molecule has 5 heteroatoms. The first-order valence-electron chi connectivity index (χ1n) is 9.34. The van der Waals surface area contributed by atoms with Gasteiger partial charge in [0, 0.05) is 12.3 Å². The molecule has 0 aliphatic rings. The third-order valence-corrected chi connectivity index (χ3v) is 6.57. The monoisotopic (exact) mass is 346 g/mol. The van der Waals surface area contributed by atoms with Crippen molar-refractivity contribution in [1.29, 1.82) is 0 Å². The minimum atomic E-state index is -2.98. The summed E-state index contributed by atoms with van der Waals surface area (Å²) in [5, 5.41) is 0. The molecular formula is C18H35O4P. The number of aldehydes is 1. The smallest absolute Gasteiger partial charge is 0.376 e. The SMILES string of the molecule is CCCCCCCCP(=O)(CCCCCCCC)OC(=O)C=O. The van der Waals surface area contributed by atoms with Crippen LogP contribution in [0.15, 0.2) is 0 Å². The third-order valence-electron chi connectivity index (χ3n) is 4.06. The fraction of sp³-hybridized carbons (Fsp3) is 0.889. The minimum absolute atomic E-state index is 0.120. The maximum Gasteiger partial charge on any atom is 0.376 e. The van der Waals surface area contributed by atoms with E-state index in [1.165, 1.54) is 38.5 Å². The molecule has 0 aromatic heterocycles. The Hall–Kier alpha value is -0.630. The molecule has 0 saturated heterocycles. The Kier molecular flexibility index (Phi) is 14.5. The molecule has 0 radical (unpaired) electrons. The molecule has 0 N–H and O–H groups in total. The average molecular weight is 346 g/mol. The number of carbonyl (C=O) groups is 2. The fourth-order valence-electron chi connectivity index (χ4n) is 2.65. The van der Waals surface area contributed by atoms with Crippen LogP contribution >= 0.6 is 7.37 Å². The summed E-state index contributed by atoms with van der Waals surface area (Å²) in [6, 6.07) is 0. The number of carbonyl (C=O) groups excluding carboxylic acids is 2. The van der Waals surface area contributed by atoms with Crippen molar-refractivity contribution in [2.75, 3.05) is 12.3 Å². The van der Waals surface area contributed by atoms with Crippen molar-refractivity contribution < 1.29 is 18.7 Å². The first-order chi connectivity index (χ1) is 11.1. The molecule has 0 fully saturated rings. The molecule has 0 saturated carbocycles. The second-order valence-corrected chi connectivity index (χ2v) is 9.03. The largest absolute Gasteiger partial charge is 0.406 e. The van der Waals surface area contributed by atoms with Crippen LogP contribution in [-0.4, -0.2) is 24.6 Å². The molecule has 0 aliphatic heterocycles. The van der Waals surface area contributed by atoms with Crippen LogP contribution < -0.4 is 0 Å². The summed E-state index contributed by atoms with van der Waals surface area (Å²) in [5.74, 6) is -0.981. The van der Waals surface area contributed by atoms with E-state index in [-0.39, 0.29) is 6.29 Å². The summed E-state index contributed by atoms with van der Waals surface area (Å²) >= 11 is 0. The van der Waals surface area contributed by atoms with E-state index in [9.17, 15) is 14.2 Å². The van der Waals surface area contributed by atoms with Gasteiger partial charge in [0.25, 0.3) is 7.37 Å². The van der Waals surface area contributed by atoms with Crippen molar-refractivity contribution in [3.8, 4) is 0 Å². The molecule has 0 atom stereocenters. The molecule has 4 nitrogen and oxygen atoms in total. The highest BCUT2D eigenvalue weighted by atomic mass is 31.2. The van der Waals surface area contributed by atoms with Crippen LogP contribution in [0.5, 0.6) is 0 Å². The third kappa shape index (κ3) is 13.5. The van der Waals surface area contributed by atoms with E-state index >= 15 is 0 Å². The van der Waals surface area contributed by atoms with Crippen LogP contribution in [0.3, 0.4) is 0 Å². The van der Waals surface area contributed by atoms with Crippen molar-refractivity contribution in [3.05, 3.63) is 0 Å². The van der Waals surface area contributed by atoms with Crippen molar-refractivity contribution in [2.24, 2.45) is 0 Å². The zero-order valence-corrected chi connectivity index (χ0v) is 16.0. The fourth-order valence-corrected chi connectivity index (χ4v) is 4.84. The molecule has 136 valence electrons. The summed E-state index contributed by atoms with van der Waals surface area (Å²) in [6.45, 7) is 4.35. The summed E-state index contributed by atoms with van der Waals surface area (Å²) in [7, 11) is -2.98. The first-order valence-corrected chi connectivity index (χ1v) is 11.3. The van der Waals surface area contributed by atoms with E-state index in [4.69, 9.17) is 4.52 Å². The Morgan fingerprint density at radius 1 is 0.783 bits per heavy atom. The van der Waals surface area contributed by atoms with E-state index in [0.717, 1.165) is 38.5 Å². The second-order valence-electron chi connectivity index (χ2n) is 6.33. The van der Waals surface area contributed by atoms with E-state index in [2.05, 4.69) is 13.8 Å². The summed E-state index contributed by atoms with van der Waals surface area (Å²) in [6.07, 6.45) is 14.1. The zero-order chi connectivity index (χ0) is 17.4. The van der Waals surface area contributed by atoms with Crippen LogP contribution in [0.4, 0.5) is 0 Å². The number of hydrogen-bond acceptors (Lipinski definition) is 4. The van der Waals surface area contributed by atoms with Gasteiger partial charge >= 0.3 is 5.97 Å². The summed E-state index contributed by atoms with van der Waals surface area (Å²) in [5.41, 5.74) is 0. The van der Waals surface area contributed by atoms with Gasteiger partial charge < -0.3 is 4.52 Å². The molecule has 0 bridgehead atoms. The standard InChI is InChI=1S/C18H35O4P/c1-3-5-7-9-11-13-15-23(21,22-18(20)17-19)16-14-12-10-8-6-4-2/h17H,3-16H2,1-2H3. The van der Waals surface area contributed by atoms with Gasteiger partial charge in [0.05, 0.1) is 0 Å². The molecule has 23 heavy (non-hydrogen) atoms. The van der Waals surface area contributed by atoms with E-state index in [1.54, 1.807) is 0 Å². The molecule has 0 aliphatic carbocycles. The molecule has 0 aromatic rings. The Bertz CT molecular complexity index is 335. The van der Waals surface area contributed by atoms with Crippen molar-refractivity contribution in [2.45, 2.75) is 90.9 Å². The van der Waals surface area contributed by atoms with Crippen molar-refractivity contribution >= 4 is 19.6 Å². The summed E-state index contributed by atoms with van der Waals surface area (Å²) < 4.78 is 17.7. The van der Waals surface area contributed by atoms with Crippen LogP contribution in [0.25, 0.3) is 0 Å². The van der Waals surface area contributed by atoms with Crippen molar-refractivity contribution in [1.82, 2.24) is 0 Å². The first kappa shape index (κ1) is 22.4. The Balaban J connectivity index is 4.11. The highest BCUT2D eigenvalue weighted by molar-refractivity contribution is 7.59. The quantitative estimate of drug-likeness (QED) is 0.155. The molecule has 0 rings (SSSR count). The number of unbranched alkanes of at least 4 members (excludes halogenated alkanes) is 10. The van der Waals surface area contributed by atoms with Gasteiger partial charge in [-0.05, 0) is 12.8 Å². The Morgan fingerprint density at radius 2 is 1.17 bits per heavy atom. The lowest BCUT2D eigenvalue weighted by Crippen LogP contribution is -2.08. The number of hydrogen-bond donors (Lipinski definition) is 0. The molecule has 0 amide bonds. The lowest BCUT2D eigenvalue weighted by molar-refractivity contribution is -0.141. The maximum atomic E-state index is 12.8. The minimum Gasteiger partial charge on any atom is -0.406 e. The zero-order valence-electron chi connectivity index (χ0n) is 15.1. The topological polar surface area (TPSA) is 60.4 Å². The Labute approximate surface area is 142 Å². The van der Waals surface area contributed by atoms with Gasteiger partial charge in [-0.25, -0.2) is 4.79 Å². The van der Waals surface area contributed by atoms with Gasteiger partial charge in [0.2, 0.25) is 6.29 Å². The highest BCUT2D eigenvalue weighted by Gasteiger charge is 2.26. The van der Waals surface area contributed by atoms with Crippen LogP contribution in [0.1, 0.15) is 90.9 Å². The van der Waals surface area contributed by atoms with Gasteiger partial charge in [-0.3, -0.25) is 9.36 Å². The maximum absolute atomic E-state index is 12.8. The van der Waals surface area contributed by atoms with Crippen molar-refractivity contribution in [3.63, 3.8) is 0 Å². The number of rotatable bonds is 16. The lowest BCUT2D eigenvalue weighted by atomic mass is 10.1. The lowest BCUT2D eigenvalue weighted by Gasteiger charge is -2.17. The van der Waals surface area contributed by atoms with Gasteiger partial charge in [-0.1, -0.05) is 78.1 Å². The predicted octanol–water partition coefficient (Wildman–Crippen LogP) is 5.73. The van der Waals surface area contributed by atoms with Crippen LogP contribution in [0, 0.1) is 0 Å². The second kappa shape index (κ2) is 14.9. The van der Waals surface area contributed by atoms with E-state index < -0.39 is 13.3 Å². The van der Waals surface area contributed by atoms with Gasteiger partial charge in [0.15, 0.2) is 0 Å². The molecular weight excluding hydrogens is 311 g/mol. The van der Waals surface area contributed by atoms with Gasteiger partial charge in [0.1, 0.15) is 0 Å². The highest BCUT2D eigenvalue weighted by Crippen LogP contribution is 2.48. The van der Waals surface area contributed by atoms with Gasteiger partial charge in [-0.15, -0.1) is 0 Å².